The fraction of sp³-hybridized carbons (Fsp3) is 0.381. The summed E-state index contributed by atoms with van der Waals surface area (Å²) in [6.07, 6.45) is 0. The SMILES string of the molecule is Cc1cccc(CNC(=O)c2cccc(C(=O)NCCN3CCOCC3)n2)c1. The van der Waals surface area contributed by atoms with Crippen LogP contribution in [0.15, 0.2) is 42.5 Å². The average molecular weight is 382 g/mol. The van der Waals surface area contributed by atoms with Crippen LogP contribution in [0.3, 0.4) is 0 Å². The van der Waals surface area contributed by atoms with E-state index in [-0.39, 0.29) is 23.2 Å². The van der Waals surface area contributed by atoms with Crippen LogP contribution in [0.2, 0.25) is 0 Å². The summed E-state index contributed by atoms with van der Waals surface area (Å²) in [5.74, 6) is -0.578. The van der Waals surface area contributed by atoms with Gasteiger partial charge in [0.1, 0.15) is 11.4 Å². The van der Waals surface area contributed by atoms with Crippen LogP contribution < -0.4 is 10.6 Å². The van der Waals surface area contributed by atoms with E-state index >= 15 is 0 Å². The largest absolute Gasteiger partial charge is 0.379 e. The Morgan fingerprint density at radius 3 is 2.43 bits per heavy atom. The Balaban J connectivity index is 1.50. The van der Waals surface area contributed by atoms with Crippen LogP contribution in [0.1, 0.15) is 32.1 Å². The highest BCUT2D eigenvalue weighted by atomic mass is 16.5. The van der Waals surface area contributed by atoms with E-state index in [4.69, 9.17) is 4.74 Å². The molecular weight excluding hydrogens is 356 g/mol. The lowest BCUT2D eigenvalue weighted by Crippen LogP contribution is -2.41. The van der Waals surface area contributed by atoms with Crippen LogP contribution in [0.4, 0.5) is 0 Å². The van der Waals surface area contributed by atoms with Crippen LogP contribution >= 0.6 is 0 Å². The second-order valence-corrected chi connectivity index (χ2v) is 6.79. The van der Waals surface area contributed by atoms with Crippen molar-refractivity contribution >= 4 is 11.8 Å². The molecule has 2 aromatic rings. The third kappa shape index (κ3) is 5.87. The fourth-order valence-electron chi connectivity index (χ4n) is 3.03. The normalized spacial score (nSPS) is 14.5. The highest BCUT2D eigenvalue weighted by molar-refractivity contribution is 5.96. The van der Waals surface area contributed by atoms with Gasteiger partial charge in [-0.25, -0.2) is 4.98 Å². The zero-order valence-electron chi connectivity index (χ0n) is 16.1. The summed E-state index contributed by atoms with van der Waals surface area (Å²) in [4.78, 5) is 31.2. The lowest BCUT2D eigenvalue weighted by molar-refractivity contribution is 0.0383. The summed E-state index contributed by atoms with van der Waals surface area (Å²) in [6.45, 7) is 6.95. The molecule has 28 heavy (non-hydrogen) atoms. The van der Waals surface area contributed by atoms with E-state index in [1.165, 1.54) is 0 Å². The fourth-order valence-corrected chi connectivity index (χ4v) is 3.03. The van der Waals surface area contributed by atoms with Crippen molar-refractivity contribution in [2.24, 2.45) is 0 Å². The maximum atomic E-state index is 12.4. The highest BCUT2D eigenvalue weighted by Gasteiger charge is 2.14. The first-order valence-corrected chi connectivity index (χ1v) is 9.51. The Morgan fingerprint density at radius 1 is 1.04 bits per heavy atom. The number of amides is 2. The molecule has 0 radical (unpaired) electrons. The number of morpholine rings is 1. The van der Waals surface area contributed by atoms with Gasteiger partial charge in [0.25, 0.3) is 11.8 Å². The number of aromatic nitrogens is 1. The lowest BCUT2D eigenvalue weighted by atomic mass is 10.1. The number of ether oxygens (including phenoxy) is 1. The van der Waals surface area contributed by atoms with E-state index in [1.807, 2.05) is 31.2 Å². The molecule has 0 saturated carbocycles. The molecule has 0 spiro atoms. The van der Waals surface area contributed by atoms with Gasteiger partial charge in [-0.05, 0) is 24.6 Å². The van der Waals surface area contributed by atoms with Crippen LogP contribution in [0, 0.1) is 6.92 Å². The number of nitrogens with zero attached hydrogens (tertiary/aromatic N) is 2. The smallest absolute Gasteiger partial charge is 0.270 e. The molecule has 7 nitrogen and oxygen atoms in total. The number of rotatable bonds is 7. The monoisotopic (exact) mass is 382 g/mol. The third-order valence-corrected chi connectivity index (χ3v) is 4.57. The number of hydrogen-bond acceptors (Lipinski definition) is 5. The van der Waals surface area contributed by atoms with Gasteiger partial charge in [-0.3, -0.25) is 14.5 Å². The van der Waals surface area contributed by atoms with Gasteiger partial charge in [0.15, 0.2) is 0 Å². The molecule has 1 saturated heterocycles. The minimum atomic E-state index is -0.301. The average Bonchev–Trinajstić information content (AvgIpc) is 2.73. The summed E-state index contributed by atoms with van der Waals surface area (Å²) < 4.78 is 5.31. The zero-order valence-corrected chi connectivity index (χ0v) is 16.1. The minimum absolute atomic E-state index is 0.230. The lowest BCUT2D eigenvalue weighted by Gasteiger charge is -2.26. The van der Waals surface area contributed by atoms with Gasteiger partial charge in [-0.2, -0.15) is 0 Å². The van der Waals surface area contributed by atoms with Crippen molar-refractivity contribution in [2.45, 2.75) is 13.5 Å². The van der Waals surface area contributed by atoms with Gasteiger partial charge < -0.3 is 15.4 Å². The molecule has 1 fully saturated rings. The number of benzene rings is 1. The van der Waals surface area contributed by atoms with Crippen molar-refractivity contribution in [3.63, 3.8) is 0 Å². The Morgan fingerprint density at radius 2 is 1.71 bits per heavy atom. The van der Waals surface area contributed by atoms with Gasteiger partial charge in [0.05, 0.1) is 13.2 Å². The molecule has 3 rings (SSSR count). The van der Waals surface area contributed by atoms with Crippen LogP contribution in [-0.4, -0.2) is 61.1 Å². The summed E-state index contributed by atoms with van der Waals surface area (Å²) in [7, 11) is 0. The topological polar surface area (TPSA) is 83.6 Å². The van der Waals surface area contributed by atoms with Crippen LogP contribution in [-0.2, 0) is 11.3 Å². The van der Waals surface area contributed by atoms with Gasteiger partial charge >= 0.3 is 0 Å². The van der Waals surface area contributed by atoms with Gasteiger partial charge in [0.2, 0.25) is 0 Å². The zero-order chi connectivity index (χ0) is 19.8. The van der Waals surface area contributed by atoms with Crippen molar-refractivity contribution in [3.8, 4) is 0 Å². The predicted octanol–water partition coefficient (Wildman–Crippen LogP) is 1.38. The number of aryl methyl sites for hydroxylation is 1. The number of hydrogen-bond donors (Lipinski definition) is 2. The minimum Gasteiger partial charge on any atom is -0.379 e. The van der Waals surface area contributed by atoms with E-state index in [0.717, 1.165) is 44.0 Å². The first-order valence-electron chi connectivity index (χ1n) is 9.51. The number of nitrogens with one attached hydrogen (secondary N) is 2. The first-order chi connectivity index (χ1) is 13.6. The quantitative estimate of drug-likeness (QED) is 0.756. The second kappa shape index (κ2) is 9.96. The molecule has 7 heteroatoms. The number of carbonyl (C=O) groups is 2. The van der Waals surface area contributed by atoms with Crippen LogP contribution in [0.25, 0.3) is 0 Å². The first kappa shape index (κ1) is 20.0. The predicted molar refractivity (Wildman–Crippen MR) is 106 cm³/mol. The van der Waals surface area contributed by atoms with Crippen LogP contribution in [0.5, 0.6) is 0 Å². The van der Waals surface area contributed by atoms with Crippen molar-refractivity contribution in [2.75, 3.05) is 39.4 Å². The maximum Gasteiger partial charge on any atom is 0.270 e. The van der Waals surface area contributed by atoms with E-state index in [0.29, 0.717) is 13.1 Å². The molecule has 2 heterocycles. The molecule has 1 aliphatic rings. The van der Waals surface area contributed by atoms with E-state index in [9.17, 15) is 9.59 Å². The molecule has 1 aromatic heterocycles. The Hall–Kier alpha value is -2.77. The Kier molecular flexibility index (Phi) is 7.11. The molecule has 1 aromatic carbocycles. The third-order valence-electron chi connectivity index (χ3n) is 4.57. The summed E-state index contributed by atoms with van der Waals surface area (Å²) >= 11 is 0. The molecule has 2 amide bonds. The van der Waals surface area contributed by atoms with E-state index in [2.05, 4.69) is 20.5 Å². The molecule has 0 unspecified atom stereocenters. The van der Waals surface area contributed by atoms with Gasteiger partial charge in [-0.1, -0.05) is 35.9 Å². The molecule has 1 aliphatic heterocycles. The molecule has 0 atom stereocenters. The maximum absolute atomic E-state index is 12.4. The van der Waals surface area contributed by atoms with Gasteiger partial charge in [0, 0.05) is 32.7 Å². The van der Waals surface area contributed by atoms with E-state index < -0.39 is 0 Å². The van der Waals surface area contributed by atoms with Gasteiger partial charge in [-0.15, -0.1) is 0 Å². The molecule has 148 valence electrons. The van der Waals surface area contributed by atoms with Crippen molar-refractivity contribution in [1.82, 2.24) is 20.5 Å². The summed E-state index contributed by atoms with van der Waals surface area (Å²) in [5, 5.41) is 5.70. The van der Waals surface area contributed by atoms with Crippen molar-refractivity contribution < 1.29 is 14.3 Å². The summed E-state index contributed by atoms with van der Waals surface area (Å²) in [6, 6.07) is 12.8. The Bertz CT molecular complexity index is 819. The molecule has 0 aliphatic carbocycles. The molecular formula is C21H26N4O3. The van der Waals surface area contributed by atoms with E-state index in [1.54, 1.807) is 18.2 Å². The van der Waals surface area contributed by atoms with Crippen molar-refractivity contribution in [1.29, 1.82) is 0 Å². The van der Waals surface area contributed by atoms with Crippen molar-refractivity contribution in [3.05, 3.63) is 65.0 Å². The standard InChI is InChI=1S/C21H26N4O3/c1-16-4-2-5-17(14-16)15-23-21(27)19-7-3-6-18(24-19)20(26)22-8-9-25-10-12-28-13-11-25/h2-7,14H,8-13,15H2,1H3,(H,22,26)(H,23,27). The number of carbonyl (C=O) groups excluding carboxylic acids is 2. The number of pyridine rings is 1. The highest BCUT2D eigenvalue weighted by Crippen LogP contribution is 2.05. The molecule has 2 N–H and O–H groups in total. The second-order valence-electron chi connectivity index (χ2n) is 6.79. The summed E-state index contributed by atoms with van der Waals surface area (Å²) in [5.41, 5.74) is 2.63. The Labute approximate surface area is 165 Å². The molecule has 0 bridgehead atoms.